The summed E-state index contributed by atoms with van der Waals surface area (Å²) in [4.78, 5) is 23.8. The quantitative estimate of drug-likeness (QED) is 0.779. The Morgan fingerprint density at radius 2 is 2.05 bits per heavy atom. The number of methoxy groups -OCH3 is 1. The van der Waals surface area contributed by atoms with Gasteiger partial charge in [-0.15, -0.1) is 0 Å². The third kappa shape index (κ3) is 2.39. The lowest BCUT2D eigenvalue weighted by Crippen LogP contribution is -2.45. The van der Waals surface area contributed by atoms with E-state index in [0.717, 1.165) is 0 Å². The normalized spacial score (nSPS) is 19.6. The van der Waals surface area contributed by atoms with Gasteiger partial charge in [-0.1, -0.05) is 15.9 Å². The molecular weight excluding hydrogens is 356 g/mol. The number of allylic oxidation sites excluding steroid dienone is 1. The molecule has 0 fully saturated rings. The summed E-state index contributed by atoms with van der Waals surface area (Å²) in [5.41, 5.74) is 1.46. The van der Waals surface area contributed by atoms with Crippen molar-refractivity contribution in [3.05, 3.63) is 33.4 Å². The van der Waals surface area contributed by atoms with E-state index < -0.39 is 12.0 Å². The van der Waals surface area contributed by atoms with E-state index in [0.29, 0.717) is 32.8 Å². The van der Waals surface area contributed by atoms with Crippen molar-refractivity contribution in [2.75, 3.05) is 13.9 Å². The Morgan fingerprint density at radius 1 is 1.36 bits per heavy atom. The minimum Gasteiger partial charge on any atom is -0.466 e. The Hall–Kier alpha value is -2.22. The Kier molecular flexibility index (Phi) is 3.69. The highest BCUT2D eigenvalue weighted by Gasteiger charge is 2.34. The largest absolute Gasteiger partial charge is 0.466 e. The highest BCUT2D eigenvalue weighted by molar-refractivity contribution is 9.10. The van der Waals surface area contributed by atoms with Crippen LogP contribution in [0.1, 0.15) is 18.5 Å². The number of carbonyl (C=O) groups excluding carboxylic acids is 2. The Balaban J connectivity index is 2.10. The topological polar surface area (TPSA) is 85.9 Å². The number of hydrogen-bond donors (Lipinski definition) is 2. The number of halogens is 1. The molecule has 22 heavy (non-hydrogen) atoms. The molecule has 2 N–H and O–H groups in total. The minimum absolute atomic E-state index is 0.141. The molecule has 0 aromatic heterocycles. The van der Waals surface area contributed by atoms with E-state index in [1.54, 1.807) is 19.1 Å². The molecule has 2 amide bonds. The first kappa shape index (κ1) is 14.7. The molecule has 116 valence electrons. The molecule has 2 aliphatic rings. The summed E-state index contributed by atoms with van der Waals surface area (Å²) < 4.78 is 16.2. The van der Waals surface area contributed by atoms with Crippen LogP contribution in [0.4, 0.5) is 4.79 Å². The summed E-state index contributed by atoms with van der Waals surface area (Å²) >= 11 is 3.44. The van der Waals surface area contributed by atoms with Crippen LogP contribution >= 0.6 is 15.9 Å². The maximum Gasteiger partial charge on any atom is 0.337 e. The summed E-state index contributed by atoms with van der Waals surface area (Å²) in [6, 6.07) is 2.44. The number of esters is 1. The van der Waals surface area contributed by atoms with Crippen LogP contribution in [0.3, 0.4) is 0 Å². The third-order valence-electron chi connectivity index (χ3n) is 3.48. The summed E-state index contributed by atoms with van der Waals surface area (Å²) in [5.74, 6) is 0.656. The zero-order valence-electron chi connectivity index (χ0n) is 11.9. The summed E-state index contributed by atoms with van der Waals surface area (Å²) in [5, 5.41) is 5.30. The van der Waals surface area contributed by atoms with Gasteiger partial charge in [0.25, 0.3) is 0 Å². The van der Waals surface area contributed by atoms with Gasteiger partial charge in [-0.25, -0.2) is 9.59 Å². The zero-order chi connectivity index (χ0) is 15.9. The second-order valence-electron chi connectivity index (χ2n) is 4.79. The fourth-order valence-electron chi connectivity index (χ4n) is 2.46. The highest BCUT2D eigenvalue weighted by Crippen LogP contribution is 2.41. The molecular formula is C14H13BrN2O5. The molecule has 3 rings (SSSR count). The van der Waals surface area contributed by atoms with Gasteiger partial charge < -0.3 is 24.8 Å². The average molecular weight is 369 g/mol. The molecule has 0 radical (unpaired) electrons. The fraction of sp³-hybridized carbons (Fsp3) is 0.286. The lowest BCUT2D eigenvalue weighted by molar-refractivity contribution is -0.136. The van der Waals surface area contributed by atoms with Crippen LogP contribution in [0.5, 0.6) is 11.5 Å². The van der Waals surface area contributed by atoms with Crippen molar-refractivity contribution in [1.82, 2.24) is 10.6 Å². The molecule has 8 heteroatoms. The molecule has 2 aliphatic heterocycles. The van der Waals surface area contributed by atoms with Gasteiger partial charge in [0, 0.05) is 10.2 Å². The van der Waals surface area contributed by atoms with Crippen molar-refractivity contribution >= 4 is 27.9 Å². The second kappa shape index (κ2) is 5.53. The molecule has 0 bridgehead atoms. The van der Waals surface area contributed by atoms with Crippen LogP contribution in [-0.2, 0) is 9.53 Å². The van der Waals surface area contributed by atoms with Crippen LogP contribution in [0.2, 0.25) is 0 Å². The molecule has 1 atom stereocenters. The van der Waals surface area contributed by atoms with Gasteiger partial charge in [-0.2, -0.15) is 0 Å². The number of fused-ring (bicyclic) bond motifs is 1. The van der Waals surface area contributed by atoms with E-state index in [2.05, 4.69) is 26.6 Å². The van der Waals surface area contributed by atoms with Crippen molar-refractivity contribution in [3.8, 4) is 11.5 Å². The van der Waals surface area contributed by atoms with Crippen molar-refractivity contribution in [2.45, 2.75) is 13.0 Å². The molecule has 0 saturated heterocycles. The van der Waals surface area contributed by atoms with E-state index in [9.17, 15) is 9.59 Å². The molecule has 0 spiro atoms. The third-order valence-corrected chi connectivity index (χ3v) is 4.16. The summed E-state index contributed by atoms with van der Waals surface area (Å²) in [7, 11) is 1.30. The van der Waals surface area contributed by atoms with E-state index >= 15 is 0 Å². The average Bonchev–Trinajstić information content (AvgIpc) is 2.91. The molecule has 2 heterocycles. The van der Waals surface area contributed by atoms with Crippen molar-refractivity contribution in [2.24, 2.45) is 0 Å². The van der Waals surface area contributed by atoms with Gasteiger partial charge in [-0.3, -0.25) is 0 Å². The van der Waals surface area contributed by atoms with Crippen LogP contribution in [0.15, 0.2) is 27.9 Å². The number of urea groups is 1. The van der Waals surface area contributed by atoms with E-state index in [4.69, 9.17) is 14.2 Å². The van der Waals surface area contributed by atoms with Gasteiger partial charge in [0.15, 0.2) is 11.5 Å². The second-order valence-corrected chi connectivity index (χ2v) is 5.64. The molecule has 0 saturated carbocycles. The number of benzene rings is 1. The Morgan fingerprint density at radius 3 is 2.73 bits per heavy atom. The van der Waals surface area contributed by atoms with E-state index in [1.807, 2.05) is 0 Å². The minimum atomic E-state index is -0.648. The molecule has 1 unspecified atom stereocenters. The Labute approximate surface area is 134 Å². The van der Waals surface area contributed by atoms with E-state index in [-0.39, 0.29) is 12.8 Å². The van der Waals surface area contributed by atoms with Crippen LogP contribution in [0.25, 0.3) is 0 Å². The number of rotatable bonds is 2. The van der Waals surface area contributed by atoms with Crippen molar-refractivity contribution in [1.29, 1.82) is 0 Å². The summed E-state index contributed by atoms with van der Waals surface area (Å²) in [6.07, 6.45) is 0. The molecule has 7 nitrogen and oxygen atoms in total. The first-order valence-corrected chi connectivity index (χ1v) is 7.26. The van der Waals surface area contributed by atoms with E-state index in [1.165, 1.54) is 7.11 Å². The first-order valence-electron chi connectivity index (χ1n) is 6.47. The maximum atomic E-state index is 12.1. The fourth-order valence-corrected chi connectivity index (χ4v) is 3.01. The molecule has 0 aliphatic carbocycles. The maximum absolute atomic E-state index is 12.1. The monoisotopic (exact) mass is 368 g/mol. The molecule has 1 aromatic carbocycles. The smallest absolute Gasteiger partial charge is 0.337 e. The standard InChI is InChI=1S/C14H13BrN2O5/c1-6-11(13(18)20-2)12(17-14(19)16-6)7-3-9-10(4-8(7)15)22-5-21-9/h3-4,12H,5H2,1-2H3,(H2,16,17,19). The zero-order valence-corrected chi connectivity index (χ0v) is 13.4. The van der Waals surface area contributed by atoms with Gasteiger partial charge in [0.1, 0.15) is 0 Å². The van der Waals surface area contributed by atoms with Crippen LogP contribution in [0, 0.1) is 0 Å². The number of hydrogen-bond acceptors (Lipinski definition) is 5. The lowest BCUT2D eigenvalue weighted by atomic mass is 9.95. The predicted octanol–water partition coefficient (Wildman–Crippen LogP) is 1.98. The van der Waals surface area contributed by atoms with Crippen molar-refractivity contribution in [3.63, 3.8) is 0 Å². The van der Waals surface area contributed by atoms with Crippen LogP contribution < -0.4 is 20.1 Å². The number of ether oxygens (including phenoxy) is 3. The van der Waals surface area contributed by atoms with Gasteiger partial charge >= 0.3 is 12.0 Å². The number of amides is 2. The number of carbonyl (C=O) groups is 2. The van der Waals surface area contributed by atoms with Crippen LogP contribution in [-0.4, -0.2) is 25.9 Å². The predicted molar refractivity (Wildman–Crippen MR) is 79.4 cm³/mol. The number of nitrogens with one attached hydrogen (secondary N) is 2. The Bertz CT molecular complexity index is 701. The van der Waals surface area contributed by atoms with Gasteiger partial charge in [-0.05, 0) is 24.6 Å². The highest BCUT2D eigenvalue weighted by atomic mass is 79.9. The van der Waals surface area contributed by atoms with Crippen molar-refractivity contribution < 1.29 is 23.8 Å². The van der Waals surface area contributed by atoms with Gasteiger partial charge in [0.05, 0.1) is 18.7 Å². The summed E-state index contributed by atoms with van der Waals surface area (Å²) in [6.45, 7) is 1.79. The molecule has 1 aromatic rings. The first-order chi connectivity index (χ1) is 10.5. The van der Waals surface area contributed by atoms with Gasteiger partial charge in [0.2, 0.25) is 6.79 Å². The SMILES string of the molecule is COC(=O)C1=C(C)NC(=O)NC1c1cc2c(cc1Br)OCO2. The lowest BCUT2D eigenvalue weighted by Gasteiger charge is -2.28.